The molecule has 0 aromatic heterocycles. The number of hydrogen-bond donors (Lipinski definition) is 1. The first kappa shape index (κ1) is 11.9. The van der Waals surface area contributed by atoms with Gasteiger partial charge in [-0.1, -0.05) is 0 Å². The number of likely N-dealkylation sites (tertiary alicyclic amines) is 1. The van der Waals surface area contributed by atoms with Crippen molar-refractivity contribution in [3.05, 3.63) is 0 Å². The van der Waals surface area contributed by atoms with Crippen LogP contribution in [0.4, 0.5) is 0 Å². The maximum atomic E-state index is 11.0. The molecule has 16 heavy (non-hydrogen) atoms. The van der Waals surface area contributed by atoms with Gasteiger partial charge in [0.05, 0.1) is 0 Å². The molecule has 2 fully saturated rings. The number of carbonyl (C=O) groups is 1. The molecule has 2 aliphatic rings. The van der Waals surface area contributed by atoms with E-state index in [1.165, 1.54) is 51.6 Å². The topological polar surface area (TPSA) is 32.3 Å². The number of piperidine rings is 1. The van der Waals surface area contributed by atoms with Crippen molar-refractivity contribution in [2.45, 2.75) is 51.5 Å². The number of nitrogens with one attached hydrogen (secondary N) is 1. The Balaban J connectivity index is 1.82. The van der Waals surface area contributed by atoms with Gasteiger partial charge in [-0.15, -0.1) is 0 Å². The molecule has 0 atom stereocenters. The van der Waals surface area contributed by atoms with Crippen molar-refractivity contribution >= 4 is 5.91 Å². The Morgan fingerprint density at radius 2 is 1.75 bits per heavy atom. The second kappa shape index (κ2) is 4.74. The molecule has 1 N–H and O–H groups in total. The Labute approximate surface area is 98.6 Å². The van der Waals surface area contributed by atoms with E-state index >= 15 is 0 Å². The second-order valence-corrected chi connectivity index (χ2v) is 5.78. The summed E-state index contributed by atoms with van der Waals surface area (Å²) in [7, 11) is 2.22. The van der Waals surface area contributed by atoms with E-state index in [0.717, 1.165) is 0 Å². The summed E-state index contributed by atoms with van der Waals surface area (Å²) in [4.78, 5) is 13.4. The molecule has 0 aromatic rings. The highest BCUT2D eigenvalue weighted by Crippen LogP contribution is 2.44. The smallest absolute Gasteiger partial charge is 0.217 e. The monoisotopic (exact) mass is 224 g/mol. The van der Waals surface area contributed by atoms with Crippen molar-refractivity contribution in [2.24, 2.45) is 5.41 Å². The first-order valence-electron chi connectivity index (χ1n) is 6.55. The SMILES string of the molecule is CC(=O)NC1CCC2(CC1)CCN(C)CC2. The van der Waals surface area contributed by atoms with Gasteiger partial charge < -0.3 is 10.2 Å². The van der Waals surface area contributed by atoms with Crippen molar-refractivity contribution in [2.75, 3.05) is 20.1 Å². The summed E-state index contributed by atoms with van der Waals surface area (Å²) in [5.74, 6) is 0.129. The van der Waals surface area contributed by atoms with E-state index in [1.807, 2.05) is 0 Å². The fourth-order valence-corrected chi connectivity index (χ4v) is 3.25. The molecule has 2 rings (SSSR count). The third kappa shape index (κ3) is 2.76. The van der Waals surface area contributed by atoms with Crippen LogP contribution < -0.4 is 5.32 Å². The van der Waals surface area contributed by atoms with Crippen LogP contribution >= 0.6 is 0 Å². The van der Waals surface area contributed by atoms with E-state index in [1.54, 1.807) is 6.92 Å². The minimum Gasteiger partial charge on any atom is -0.354 e. The highest BCUT2D eigenvalue weighted by molar-refractivity contribution is 5.73. The van der Waals surface area contributed by atoms with Crippen LogP contribution in [0.2, 0.25) is 0 Å². The summed E-state index contributed by atoms with van der Waals surface area (Å²) >= 11 is 0. The maximum Gasteiger partial charge on any atom is 0.217 e. The Hall–Kier alpha value is -0.570. The molecule has 0 aromatic carbocycles. The molecule has 92 valence electrons. The van der Waals surface area contributed by atoms with Gasteiger partial charge in [0.15, 0.2) is 0 Å². The van der Waals surface area contributed by atoms with Gasteiger partial charge in [-0.05, 0) is 64.1 Å². The predicted octanol–water partition coefficient (Wildman–Crippen LogP) is 1.78. The van der Waals surface area contributed by atoms with Crippen LogP contribution in [-0.2, 0) is 4.79 Å². The lowest BCUT2D eigenvalue weighted by Gasteiger charge is -2.45. The van der Waals surface area contributed by atoms with Crippen LogP contribution in [0, 0.1) is 5.41 Å². The lowest BCUT2D eigenvalue weighted by Crippen LogP contribution is -2.44. The van der Waals surface area contributed by atoms with E-state index < -0.39 is 0 Å². The predicted molar refractivity (Wildman–Crippen MR) is 65.2 cm³/mol. The Morgan fingerprint density at radius 1 is 1.19 bits per heavy atom. The van der Waals surface area contributed by atoms with E-state index in [-0.39, 0.29) is 5.91 Å². The average Bonchev–Trinajstić information content (AvgIpc) is 2.26. The number of nitrogens with zero attached hydrogens (tertiary/aromatic N) is 1. The molecule has 1 saturated heterocycles. The number of carbonyl (C=O) groups excluding carboxylic acids is 1. The summed E-state index contributed by atoms with van der Waals surface area (Å²) in [6.07, 6.45) is 7.71. The molecule has 1 aliphatic carbocycles. The second-order valence-electron chi connectivity index (χ2n) is 5.78. The lowest BCUT2D eigenvalue weighted by atomic mass is 9.67. The van der Waals surface area contributed by atoms with Crippen molar-refractivity contribution in [3.63, 3.8) is 0 Å². The first-order chi connectivity index (χ1) is 7.60. The highest BCUT2D eigenvalue weighted by Gasteiger charge is 2.37. The minimum absolute atomic E-state index is 0.129. The van der Waals surface area contributed by atoms with Crippen molar-refractivity contribution in [1.82, 2.24) is 10.2 Å². The van der Waals surface area contributed by atoms with Crippen LogP contribution in [0.5, 0.6) is 0 Å². The molecular weight excluding hydrogens is 200 g/mol. The summed E-state index contributed by atoms with van der Waals surface area (Å²) in [6, 6.07) is 0.447. The van der Waals surface area contributed by atoms with E-state index in [0.29, 0.717) is 11.5 Å². The average molecular weight is 224 g/mol. The zero-order valence-corrected chi connectivity index (χ0v) is 10.6. The largest absolute Gasteiger partial charge is 0.354 e. The zero-order chi connectivity index (χ0) is 11.6. The first-order valence-corrected chi connectivity index (χ1v) is 6.55. The summed E-state index contributed by atoms with van der Waals surface area (Å²) in [6.45, 7) is 4.13. The highest BCUT2D eigenvalue weighted by atomic mass is 16.1. The van der Waals surface area contributed by atoms with Crippen molar-refractivity contribution in [1.29, 1.82) is 0 Å². The van der Waals surface area contributed by atoms with Gasteiger partial charge in [0.1, 0.15) is 0 Å². The fraction of sp³-hybridized carbons (Fsp3) is 0.923. The number of hydrogen-bond acceptors (Lipinski definition) is 2. The molecule has 3 heteroatoms. The quantitative estimate of drug-likeness (QED) is 0.736. The van der Waals surface area contributed by atoms with E-state index in [9.17, 15) is 4.79 Å². The number of rotatable bonds is 1. The Bertz CT molecular complexity index is 247. The summed E-state index contributed by atoms with van der Waals surface area (Å²) in [5, 5.41) is 3.06. The van der Waals surface area contributed by atoms with Gasteiger partial charge in [0, 0.05) is 13.0 Å². The van der Waals surface area contributed by atoms with Gasteiger partial charge in [0.25, 0.3) is 0 Å². The molecule has 1 saturated carbocycles. The number of amides is 1. The maximum absolute atomic E-state index is 11.0. The zero-order valence-electron chi connectivity index (χ0n) is 10.6. The standard InChI is InChI=1S/C13H24N2O/c1-11(16)14-12-3-5-13(6-4-12)7-9-15(2)10-8-13/h12H,3-10H2,1-2H3,(H,14,16). The van der Waals surface area contributed by atoms with Gasteiger partial charge in [-0.3, -0.25) is 4.79 Å². The third-order valence-corrected chi connectivity index (χ3v) is 4.50. The van der Waals surface area contributed by atoms with Crippen LogP contribution in [0.3, 0.4) is 0 Å². The molecular formula is C13H24N2O. The minimum atomic E-state index is 0.129. The van der Waals surface area contributed by atoms with Gasteiger partial charge in [-0.2, -0.15) is 0 Å². The fourth-order valence-electron chi connectivity index (χ4n) is 3.25. The van der Waals surface area contributed by atoms with Crippen LogP contribution in [0.1, 0.15) is 45.4 Å². The van der Waals surface area contributed by atoms with Crippen molar-refractivity contribution in [3.8, 4) is 0 Å². The van der Waals surface area contributed by atoms with Gasteiger partial charge in [-0.25, -0.2) is 0 Å². The lowest BCUT2D eigenvalue weighted by molar-refractivity contribution is -0.120. The molecule has 1 aliphatic heterocycles. The normalized spacial score (nSPS) is 26.9. The molecule has 3 nitrogen and oxygen atoms in total. The van der Waals surface area contributed by atoms with Crippen LogP contribution in [0.25, 0.3) is 0 Å². The molecule has 1 heterocycles. The summed E-state index contributed by atoms with van der Waals surface area (Å²) in [5.41, 5.74) is 0.613. The van der Waals surface area contributed by atoms with Gasteiger partial charge in [0.2, 0.25) is 5.91 Å². The van der Waals surface area contributed by atoms with E-state index in [2.05, 4.69) is 17.3 Å². The molecule has 1 amide bonds. The Morgan fingerprint density at radius 3 is 2.25 bits per heavy atom. The van der Waals surface area contributed by atoms with Gasteiger partial charge >= 0.3 is 0 Å². The van der Waals surface area contributed by atoms with Crippen LogP contribution in [-0.4, -0.2) is 37.0 Å². The Kier molecular flexibility index (Phi) is 3.53. The van der Waals surface area contributed by atoms with Crippen LogP contribution in [0.15, 0.2) is 0 Å². The van der Waals surface area contributed by atoms with Crippen molar-refractivity contribution < 1.29 is 4.79 Å². The summed E-state index contributed by atoms with van der Waals surface area (Å²) < 4.78 is 0. The van der Waals surface area contributed by atoms with E-state index in [4.69, 9.17) is 0 Å². The molecule has 0 bridgehead atoms. The molecule has 1 spiro atoms. The third-order valence-electron chi connectivity index (χ3n) is 4.50. The molecule has 0 unspecified atom stereocenters. The molecule has 0 radical (unpaired) electrons.